The van der Waals surface area contributed by atoms with E-state index in [1.807, 2.05) is 0 Å². The maximum atomic E-state index is 14.2. The largest absolute Gasteiger partial charge is 0.420 e. The molecule has 6 nitrogen and oxygen atoms in total. The van der Waals surface area contributed by atoms with E-state index in [1.165, 1.54) is 29.6 Å². The average Bonchev–Trinajstić information content (AvgIpc) is 3.53. The predicted molar refractivity (Wildman–Crippen MR) is 112 cm³/mol. The molecule has 1 unspecified atom stereocenters. The highest BCUT2D eigenvalue weighted by molar-refractivity contribution is 6.33. The van der Waals surface area contributed by atoms with Crippen molar-refractivity contribution in [3.8, 4) is 11.1 Å². The van der Waals surface area contributed by atoms with Crippen LogP contribution in [0, 0.1) is 5.82 Å². The third-order valence-electron chi connectivity index (χ3n) is 5.82. The third kappa shape index (κ3) is 3.74. The van der Waals surface area contributed by atoms with Crippen molar-refractivity contribution in [2.45, 2.75) is 18.5 Å². The van der Waals surface area contributed by atoms with Gasteiger partial charge in [0.1, 0.15) is 11.0 Å². The van der Waals surface area contributed by atoms with E-state index in [2.05, 4.69) is 15.2 Å². The lowest BCUT2D eigenvalue weighted by Crippen LogP contribution is -2.29. The Morgan fingerprint density at radius 2 is 2.00 bits per heavy atom. The fourth-order valence-electron chi connectivity index (χ4n) is 4.18. The number of fused-ring (bicyclic) bond motifs is 1. The second kappa shape index (κ2) is 7.87. The van der Waals surface area contributed by atoms with E-state index in [-0.39, 0.29) is 34.7 Å². The number of hydrogen-bond donors (Lipinski definition) is 1. The van der Waals surface area contributed by atoms with E-state index in [0.717, 1.165) is 10.5 Å². The van der Waals surface area contributed by atoms with E-state index in [0.29, 0.717) is 24.1 Å². The number of aromatic amines is 1. The fourth-order valence-corrected chi connectivity index (χ4v) is 4.43. The van der Waals surface area contributed by atoms with E-state index in [1.54, 1.807) is 18.2 Å². The van der Waals surface area contributed by atoms with Crippen LogP contribution in [0.2, 0.25) is 5.15 Å². The zero-order valence-corrected chi connectivity index (χ0v) is 17.7. The number of nitrogens with zero attached hydrogens (tertiary/aromatic N) is 4. The van der Waals surface area contributed by atoms with Crippen LogP contribution in [0.5, 0.6) is 0 Å². The number of hydrogen-bond acceptors (Lipinski definition) is 3. The Kier molecular flexibility index (Phi) is 5.12. The molecule has 1 aromatic carbocycles. The van der Waals surface area contributed by atoms with Crippen molar-refractivity contribution in [2.24, 2.45) is 0 Å². The molecule has 0 spiro atoms. The van der Waals surface area contributed by atoms with Crippen LogP contribution in [-0.2, 0) is 6.18 Å². The van der Waals surface area contributed by atoms with Gasteiger partial charge in [-0.25, -0.2) is 9.37 Å². The molecule has 33 heavy (non-hydrogen) atoms. The summed E-state index contributed by atoms with van der Waals surface area (Å²) in [5.41, 5.74) is -0.630. The number of aromatic nitrogens is 4. The summed E-state index contributed by atoms with van der Waals surface area (Å²) in [7, 11) is 0. The van der Waals surface area contributed by atoms with Crippen LogP contribution in [0.4, 0.5) is 17.6 Å². The number of carbonyl (C=O) groups excluding carboxylic acids is 1. The molecule has 170 valence electrons. The van der Waals surface area contributed by atoms with Crippen molar-refractivity contribution < 1.29 is 22.4 Å². The summed E-state index contributed by atoms with van der Waals surface area (Å²) >= 11 is 6.37. The van der Waals surface area contributed by atoms with Crippen LogP contribution in [-0.4, -0.2) is 43.5 Å². The molecule has 1 aliphatic heterocycles. The second-order valence-electron chi connectivity index (χ2n) is 7.83. The summed E-state index contributed by atoms with van der Waals surface area (Å²) in [5.74, 6) is -1.17. The molecule has 0 aliphatic carbocycles. The maximum Gasteiger partial charge on any atom is 0.420 e. The molecule has 1 amide bonds. The number of nitrogens with one attached hydrogen (secondary N) is 1. The van der Waals surface area contributed by atoms with Gasteiger partial charge < -0.3 is 4.90 Å². The normalized spacial score (nSPS) is 16.6. The van der Waals surface area contributed by atoms with Crippen molar-refractivity contribution in [1.82, 2.24) is 24.5 Å². The van der Waals surface area contributed by atoms with Gasteiger partial charge in [-0.1, -0.05) is 29.8 Å². The van der Waals surface area contributed by atoms with Gasteiger partial charge in [-0.2, -0.15) is 18.3 Å². The van der Waals surface area contributed by atoms with Gasteiger partial charge in [-0.05, 0) is 24.1 Å². The van der Waals surface area contributed by atoms with Crippen molar-refractivity contribution in [3.63, 3.8) is 0 Å². The number of rotatable bonds is 3. The minimum Gasteiger partial charge on any atom is -0.337 e. The van der Waals surface area contributed by atoms with Gasteiger partial charge in [-0.15, -0.1) is 0 Å². The molecule has 0 radical (unpaired) electrons. The van der Waals surface area contributed by atoms with Crippen LogP contribution in [0.25, 0.3) is 16.8 Å². The number of likely N-dealkylation sites (tertiary alicyclic amines) is 1. The average molecular weight is 478 g/mol. The van der Waals surface area contributed by atoms with Crippen molar-refractivity contribution in [2.75, 3.05) is 13.1 Å². The molecule has 5 rings (SSSR count). The maximum absolute atomic E-state index is 14.2. The SMILES string of the molecule is O=C(c1nc2c(C(F)(F)F)cc(-c3cn[nH]c3)cn2c1Cl)N1CCC(c2ccccc2F)C1. The molecule has 1 aliphatic rings. The van der Waals surface area contributed by atoms with Crippen LogP contribution in [0.1, 0.15) is 34.0 Å². The van der Waals surface area contributed by atoms with Crippen LogP contribution < -0.4 is 0 Å². The number of carbonyl (C=O) groups is 1. The first-order valence-corrected chi connectivity index (χ1v) is 10.4. The highest BCUT2D eigenvalue weighted by Gasteiger charge is 2.37. The van der Waals surface area contributed by atoms with Crippen LogP contribution in [0.3, 0.4) is 0 Å². The number of pyridine rings is 1. The summed E-state index contributed by atoms with van der Waals surface area (Å²) in [4.78, 5) is 18.6. The number of amides is 1. The predicted octanol–water partition coefficient (Wildman–Crippen LogP) is 5.17. The Morgan fingerprint density at radius 1 is 1.21 bits per heavy atom. The Morgan fingerprint density at radius 3 is 2.70 bits per heavy atom. The summed E-state index contributed by atoms with van der Waals surface area (Å²) in [6.07, 6.45) is 0.0138. The molecular formula is C22H16ClF4N5O. The summed E-state index contributed by atoms with van der Waals surface area (Å²) < 4.78 is 56.6. The topological polar surface area (TPSA) is 66.3 Å². The molecule has 11 heteroatoms. The molecule has 1 atom stereocenters. The van der Waals surface area contributed by atoms with Gasteiger partial charge >= 0.3 is 6.18 Å². The molecule has 1 saturated heterocycles. The van der Waals surface area contributed by atoms with Gasteiger partial charge in [0.15, 0.2) is 11.3 Å². The molecule has 3 aromatic heterocycles. The summed E-state index contributed by atoms with van der Waals surface area (Å²) in [5, 5.41) is 6.10. The van der Waals surface area contributed by atoms with Crippen molar-refractivity contribution in [1.29, 1.82) is 0 Å². The number of imidazole rings is 1. The number of benzene rings is 1. The minimum absolute atomic E-state index is 0.211. The lowest BCUT2D eigenvalue weighted by Gasteiger charge is -2.16. The van der Waals surface area contributed by atoms with Crippen LogP contribution >= 0.6 is 11.6 Å². The van der Waals surface area contributed by atoms with Crippen molar-refractivity contribution in [3.05, 3.63) is 76.7 Å². The van der Waals surface area contributed by atoms with Crippen LogP contribution in [0.15, 0.2) is 48.9 Å². The van der Waals surface area contributed by atoms with Gasteiger partial charge in [-0.3, -0.25) is 14.3 Å². The Bertz CT molecular complexity index is 1350. The first kappa shape index (κ1) is 21.4. The minimum atomic E-state index is -4.72. The molecule has 4 aromatic rings. The zero-order chi connectivity index (χ0) is 23.3. The quantitative estimate of drug-likeness (QED) is 0.414. The van der Waals surface area contributed by atoms with Gasteiger partial charge in [0.2, 0.25) is 0 Å². The summed E-state index contributed by atoms with van der Waals surface area (Å²) in [6, 6.07) is 7.27. The molecule has 0 saturated carbocycles. The van der Waals surface area contributed by atoms with Gasteiger partial charge in [0, 0.05) is 42.5 Å². The van der Waals surface area contributed by atoms with E-state index < -0.39 is 23.3 Å². The molecular weight excluding hydrogens is 462 g/mol. The molecule has 1 N–H and O–H groups in total. The smallest absolute Gasteiger partial charge is 0.337 e. The van der Waals surface area contributed by atoms with E-state index in [4.69, 9.17) is 11.6 Å². The monoisotopic (exact) mass is 477 g/mol. The molecule has 4 heterocycles. The van der Waals surface area contributed by atoms with Crippen molar-refractivity contribution >= 4 is 23.2 Å². The standard InChI is InChI=1S/C22H16ClF4N5O/c23-19-18(21(33)31-6-5-12(10-31)15-3-1-2-4-17(15)24)30-20-16(22(25,26)27)7-13(11-32(19)20)14-8-28-29-9-14/h1-4,7-9,11-12H,5-6,10H2,(H,28,29). The Hall–Kier alpha value is -3.40. The number of alkyl halides is 3. The molecule has 1 fully saturated rings. The Labute approximate surface area is 189 Å². The third-order valence-corrected chi connectivity index (χ3v) is 6.18. The highest BCUT2D eigenvalue weighted by Crippen LogP contribution is 2.37. The fraction of sp³-hybridized carbons (Fsp3) is 0.227. The highest BCUT2D eigenvalue weighted by atomic mass is 35.5. The van der Waals surface area contributed by atoms with E-state index >= 15 is 0 Å². The second-order valence-corrected chi connectivity index (χ2v) is 8.19. The van der Waals surface area contributed by atoms with E-state index in [9.17, 15) is 22.4 Å². The zero-order valence-electron chi connectivity index (χ0n) is 16.9. The number of halogens is 5. The summed E-state index contributed by atoms with van der Waals surface area (Å²) in [6.45, 7) is 0.533. The van der Waals surface area contributed by atoms with Gasteiger partial charge in [0.05, 0.1) is 11.8 Å². The Balaban J connectivity index is 1.53. The first-order valence-electron chi connectivity index (χ1n) is 10.1. The van der Waals surface area contributed by atoms with Gasteiger partial charge in [0.25, 0.3) is 5.91 Å². The lowest BCUT2D eigenvalue weighted by molar-refractivity contribution is -0.136. The first-order chi connectivity index (χ1) is 15.7. The molecule has 0 bridgehead atoms. The number of H-pyrrole nitrogens is 1. The lowest BCUT2D eigenvalue weighted by atomic mass is 9.98.